The second-order valence-corrected chi connectivity index (χ2v) is 2.17. The Kier molecular flexibility index (Phi) is 1.32. The number of hydrogen-bond donors (Lipinski definition) is 0. The highest BCUT2D eigenvalue weighted by Crippen LogP contribution is 1.87. The van der Waals surface area contributed by atoms with Gasteiger partial charge in [-0.05, 0) is 5.21 Å². The van der Waals surface area contributed by atoms with Gasteiger partial charge in [0.05, 0.1) is 6.33 Å². The summed E-state index contributed by atoms with van der Waals surface area (Å²) >= 11 is 0. The Balaban J connectivity index is 2.01. The van der Waals surface area contributed by atoms with Crippen molar-refractivity contribution in [2.75, 3.05) is 0 Å². The fourth-order valence-corrected chi connectivity index (χ4v) is 0.807. The molecule has 1 aliphatic rings. The summed E-state index contributed by atoms with van der Waals surface area (Å²) in [4.78, 5) is 1.64. The fraction of sp³-hybridized carbons (Fsp3) is 0. The van der Waals surface area contributed by atoms with E-state index in [1.807, 2.05) is 0 Å². The molecule has 0 unspecified atom stereocenters. The lowest BCUT2D eigenvalue weighted by atomic mass is 10.2. The summed E-state index contributed by atoms with van der Waals surface area (Å²) in [6.45, 7) is 0. The molecule has 0 saturated heterocycles. The number of tetrazole rings is 1. The summed E-state index contributed by atoms with van der Waals surface area (Å²) < 4.78 is 1.64. The summed E-state index contributed by atoms with van der Waals surface area (Å²) in [6.07, 6.45) is 3.09. The van der Waals surface area contributed by atoms with Crippen LogP contribution in [0.2, 0.25) is 0 Å². The van der Waals surface area contributed by atoms with Gasteiger partial charge in [-0.3, -0.25) is 4.92 Å². The molecule has 1 aliphatic heterocycles. The van der Waals surface area contributed by atoms with E-state index in [2.05, 4.69) is 31.1 Å². The van der Waals surface area contributed by atoms with E-state index in [1.165, 1.54) is 0 Å². The van der Waals surface area contributed by atoms with Crippen LogP contribution in [-0.2, 0) is 0 Å². The van der Waals surface area contributed by atoms with Gasteiger partial charge in [0.15, 0.2) is 0 Å². The van der Waals surface area contributed by atoms with E-state index >= 15 is 0 Å². The Morgan fingerprint density at radius 3 is 3.09 bits per heavy atom. The van der Waals surface area contributed by atoms with Crippen LogP contribution in [-0.4, -0.2) is 38.9 Å². The molecular formula is C2H4BN8. The van der Waals surface area contributed by atoms with Gasteiger partial charge in [0.25, 0.3) is 7.55 Å². The highest BCUT2D eigenvalue weighted by molar-refractivity contribution is 6.32. The third kappa shape index (κ3) is 1.20. The SMILES string of the molecule is [BH2-](N1C=[N+]N=N1)n1cnnn1. The van der Waals surface area contributed by atoms with Gasteiger partial charge in [-0.25, -0.2) is 0 Å². The Labute approximate surface area is 61.8 Å². The van der Waals surface area contributed by atoms with Gasteiger partial charge in [-0.15, -0.1) is 5.10 Å². The molecule has 11 heavy (non-hydrogen) atoms. The maximum Gasteiger partial charge on any atom is 0.290 e. The Bertz CT molecular complexity index is 262. The Morgan fingerprint density at radius 2 is 2.45 bits per heavy atom. The molecule has 1 radical (unpaired) electrons. The van der Waals surface area contributed by atoms with Crippen molar-refractivity contribution < 1.29 is 0 Å². The molecule has 0 aromatic carbocycles. The number of nitrogens with zero attached hydrogens (tertiary/aromatic N) is 8. The molecule has 0 spiro atoms. The quantitative estimate of drug-likeness (QED) is 0.436. The van der Waals surface area contributed by atoms with Crippen LogP contribution in [0, 0.1) is 0 Å². The summed E-state index contributed by atoms with van der Waals surface area (Å²) in [6, 6.07) is 0. The fourth-order valence-electron chi connectivity index (χ4n) is 0.807. The van der Waals surface area contributed by atoms with Crippen LogP contribution in [0.3, 0.4) is 0 Å². The van der Waals surface area contributed by atoms with Crippen LogP contribution in [0.15, 0.2) is 16.8 Å². The minimum atomic E-state index is -0.667. The zero-order chi connectivity index (χ0) is 7.52. The number of rotatable bonds is 2. The summed E-state index contributed by atoms with van der Waals surface area (Å²) in [7, 11) is -0.667. The molecule has 0 N–H and O–H groups in total. The van der Waals surface area contributed by atoms with Crippen LogP contribution in [0.5, 0.6) is 0 Å². The van der Waals surface area contributed by atoms with Crippen molar-refractivity contribution in [1.29, 1.82) is 0 Å². The van der Waals surface area contributed by atoms with E-state index < -0.39 is 7.55 Å². The summed E-state index contributed by atoms with van der Waals surface area (Å²) in [5.41, 5.74) is 0. The van der Waals surface area contributed by atoms with Crippen LogP contribution in [0.25, 0.3) is 0 Å². The average molecular weight is 151 g/mol. The zero-order valence-electron chi connectivity index (χ0n) is 5.73. The van der Waals surface area contributed by atoms with Crippen LogP contribution >= 0.6 is 0 Å². The van der Waals surface area contributed by atoms with Crippen LogP contribution < -0.4 is 5.10 Å². The lowest BCUT2D eigenvalue weighted by Crippen LogP contribution is -2.26. The first kappa shape index (κ1) is 5.95. The molecule has 0 atom stereocenters. The molecule has 2 heterocycles. The van der Waals surface area contributed by atoms with Gasteiger partial charge in [0.1, 0.15) is 10.4 Å². The van der Waals surface area contributed by atoms with E-state index in [9.17, 15) is 0 Å². The minimum Gasteiger partial charge on any atom is -0.375 e. The molecule has 0 fully saturated rings. The second-order valence-electron chi connectivity index (χ2n) is 2.17. The molecule has 2 rings (SSSR count). The maximum absolute atomic E-state index is 3.69. The van der Waals surface area contributed by atoms with Crippen molar-refractivity contribution in [2.24, 2.45) is 10.4 Å². The predicted molar refractivity (Wildman–Crippen MR) is 36.7 cm³/mol. The minimum absolute atomic E-state index is 0.667. The van der Waals surface area contributed by atoms with E-state index in [0.717, 1.165) is 0 Å². The molecule has 1 aromatic rings. The molecule has 55 valence electrons. The van der Waals surface area contributed by atoms with E-state index in [0.29, 0.717) is 0 Å². The summed E-state index contributed by atoms with van der Waals surface area (Å²) in [5.74, 6) is 0. The standard InChI is InChI=1S/C2H4BN8/c1-4-6-8-10(1)3-11-2-5-7-9-11/h1-2H,3H2. The molecule has 0 bridgehead atoms. The monoisotopic (exact) mass is 151 g/mol. The first-order valence-electron chi connectivity index (χ1n) is 3.13. The van der Waals surface area contributed by atoms with Crippen molar-refractivity contribution in [2.45, 2.75) is 0 Å². The van der Waals surface area contributed by atoms with Crippen molar-refractivity contribution in [3.05, 3.63) is 6.33 Å². The largest absolute Gasteiger partial charge is 0.375 e. The first-order chi connectivity index (χ1) is 5.45. The molecular weight excluding hydrogens is 147 g/mol. The average Bonchev–Trinajstić information content (AvgIpc) is 2.60. The maximum atomic E-state index is 3.69. The van der Waals surface area contributed by atoms with Crippen LogP contribution in [0.4, 0.5) is 0 Å². The number of hydrogen-bond acceptors (Lipinski definition) is 7. The van der Waals surface area contributed by atoms with Crippen LogP contribution in [0.1, 0.15) is 0 Å². The smallest absolute Gasteiger partial charge is 0.290 e. The van der Waals surface area contributed by atoms with Crippen molar-refractivity contribution in [3.8, 4) is 0 Å². The summed E-state index contributed by atoms with van der Waals surface area (Å²) in [5, 5.41) is 21.3. The Morgan fingerprint density at radius 1 is 1.45 bits per heavy atom. The van der Waals surface area contributed by atoms with Gasteiger partial charge in [0.2, 0.25) is 6.34 Å². The normalized spacial score (nSPS) is 14.7. The lowest BCUT2D eigenvalue weighted by Gasteiger charge is -2.04. The molecule has 8 nitrogen and oxygen atoms in total. The highest BCUT2D eigenvalue weighted by Gasteiger charge is 2.07. The predicted octanol–water partition coefficient (Wildman–Crippen LogP) is -2.52. The van der Waals surface area contributed by atoms with Gasteiger partial charge >= 0.3 is 0 Å². The van der Waals surface area contributed by atoms with Crippen molar-refractivity contribution in [3.63, 3.8) is 0 Å². The third-order valence-corrected chi connectivity index (χ3v) is 1.31. The Hall–Kier alpha value is -1.80. The first-order valence-corrected chi connectivity index (χ1v) is 3.13. The van der Waals surface area contributed by atoms with Gasteiger partial charge in [0, 0.05) is 5.10 Å². The second kappa shape index (κ2) is 2.44. The van der Waals surface area contributed by atoms with Crippen molar-refractivity contribution >= 4 is 13.9 Å². The topological polar surface area (TPSA) is 85.7 Å². The molecule has 1 aromatic heterocycles. The number of aromatic nitrogens is 4. The van der Waals surface area contributed by atoms with E-state index in [1.54, 1.807) is 22.2 Å². The van der Waals surface area contributed by atoms with Crippen molar-refractivity contribution in [1.82, 2.24) is 30.1 Å². The van der Waals surface area contributed by atoms with E-state index in [-0.39, 0.29) is 0 Å². The molecule has 0 aliphatic carbocycles. The molecule has 9 heteroatoms. The molecule has 0 amide bonds. The van der Waals surface area contributed by atoms with Gasteiger partial charge in [-0.2, -0.15) is 0 Å². The van der Waals surface area contributed by atoms with Gasteiger partial charge in [-0.1, -0.05) is 5.21 Å². The van der Waals surface area contributed by atoms with E-state index in [4.69, 9.17) is 0 Å². The lowest BCUT2D eigenvalue weighted by molar-refractivity contribution is 0.653. The molecule has 0 saturated carbocycles. The third-order valence-electron chi connectivity index (χ3n) is 1.31. The highest BCUT2D eigenvalue weighted by atomic mass is 15.7. The van der Waals surface area contributed by atoms with Gasteiger partial charge < -0.3 is 4.59 Å². The zero-order valence-corrected chi connectivity index (χ0v) is 5.73.